The molecule has 1 aromatic heterocycles. The Kier molecular flexibility index (Phi) is 4.61. The van der Waals surface area contributed by atoms with Gasteiger partial charge < -0.3 is 5.11 Å². The fourth-order valence-corrected chi connectivity index (χ4v) is 6.47. The highest BCUT2D eigenvalue weighted by Gasteiger charge is 2.65. The predicted octanol–water partition coefficient (Wildman–Crippen LogP) is 2.23. The van der Waals surface area contributed by atoms with Crippen LogP contribution in [0.25, 0.3) is 0 Å². The van der Waals surface area contributed by atoms with Crippen molar-refractivity contribution in [2.24, 2.45) is 18.4 Å². The molecule has 9 nitrogen and oxygen atoms in total. The van der Waals surface area contributed by atoms with Crippen LogP contribution in [-0.4, -0.2) is 30.9 Å². The summed E-state index contributed by atoms with van der Waals surface area (Å²) in [4.78, 5) is 55.1. The number of aromatic nitrogens is 3. The van der Waals surface area contributed by atoms with Crippen molar-refractivity contribution in [2.75, 3.05) is 4.90 Å². The van der Waals surface area contributed by atoms with E-state index in [4.69, 9.17) is 0 Å². The van der Waals surface area contributed by atoms with Gasteiger partial charge in [0, 0.05) is 18.5 Å². The summed E-state index contributed by atoms with van der Waals surface area (Å²) in [6, 6.07) is 13.6. The molecule has 2 amide bonds. The summed E-state index contributed by atoms with van der Waals surface area (Å²) in [6.07, 6.45) is 2.07. The van der Waals surface area contributed by atoms with Gasteiger partial charge in [0.2, 0.25) is 11.8 Å². The number of phenolic OH excluding ortho intramolecular Hbond substituents is 1. The summed E-state index contributed by atoms with van der Waals surface area (Å²) in [5.74, 6) is -2.04. The molecular weight excluding hydrogens is 460 g/mol. The van der Waals surface area contributed by atoms with Crippen molar-refractivity contribution in [1.29, 1.82) is 0 Å². The van der Waals surface area contributed by atoms with Crippen molar-refractivity contribution < 1.29 is 14.7 Å². The van der Waals surface area contributed by atoms with E-state index in [1.807, 2.05) is 18.2 Å². The van der Waals surface area contributed by atoms with Crippen molar-refractivity contribution in [2.45, 2.75) is 38.8 Å². The van der Waals surface area contributed by atoms with E-state index >= 15 is 0 Å². The maximum absolute atomic E-state index is 14.2. The summed E-state index contributed by atoms with van der Waals surface area (Å²) in [7, 11) is 1.43. The zero-order valence-corrected chi connectivity index (χ0v) is 20.2. The number of nitrogens with zero attached hydrogens (tertiary/aromatic N) is 4. The van der Waals surface area contributed by atoms with Crippen LogP contribution in [0.15, 0.2) is 69.8 Å². The van der Waals surface area contributed by atoms with Crippen LogP contribution in [-0.2, 0) is 23.2 Å². The molecule has 3 heterocycles. The number of allylic oxidation sites excluding steroid dienone is 2. The number of carbonyl (C=O) groups excluding carboxylic acids is 2. The third-order valence-electron chi connectivity index (χ3n) is 8.32. The molecule has 36 heavy (non-hydrogen) atoms. The molecule has 4 unspecified atom stereocenters. The Bertz CT molecular complexity index is 1590. The predicted molar refractivity (Wildman–Crippen MR) is 132 cm³/mol. The minimum atomic E-state index is -1.19. The number of fused-ring (bicyclic) bond motifs is 4. The molecular formula is C27H26N4O5. The van der Waals surface area contributed by atoms with Crippen LogP contribution < -0.4 is 16.3 Å². The smallest absolute Gasteiger partial charge is 0.347 e. The number of anilines is 1. The molecule has 1 aliphatic carbocycles. The van der Waals surface area contributed by atoms with Crippen molar-refractivity contribution in [3.8, 4) is 5.75 Å². The monoisotopic (exact) mass is 486 g/mol. The Labute approximate surface area is 206 Å². The largest absolute Gasteiger partial charge is 0.507 e. The van der Waals surface area contributed by atoms with Gasteiger partial charge in [0.05, 0.1) is 29.6 Å². The van der Waals surface area contributed by atoms with Crippen LogP contribution in [0, 0.1) is 18.3 Å². The number of hydrogen-bond donors (Lipinski definition) is 1. The van der Waals surface area contributed by atoms with E-state index in [9.17, 15) is 24.3 Å². The zero-order chi connectivity index (χ0) is 25.5. The standard InChI is InChI=1S/C27H26N4O5/c1-15-8-7-11-18(22(15)32)21-17-12-13-29-25(35)28(3)26(36)31(29)20(17)14-19-23(33)30(24(34)27(19,21)2)16-9-5-4-6-10-16/h4-12,19-21,32H,13-14H2,1-3H3. The number of amides is 2. The van der Waals surface area contributed by atoms with Gasteiger partial charge in [0.25, 0.3) is 0 Å². The van der Waals surface area contributed by atoms with Gasteiger partial charge in [-0.3, -0.25) is 9.59 Å². The normalized spacial score (nSPS) is 26.9. The highest BCUT2D eigenvalue weighted by atomic mass is 16.3. The Balaban J connectivity index is 1.62. The molecule has 2 fully saturated rings. The summed E-state index contributed by atoms with van der Waals surface area (Å²) in [5, 5.41) is 11.1. The minimum absolute atomic E-state index is 0.0609. The molecule has 2 aliphatic heterocycles. The van der Waals surface area contributed by atoms with E-state index in [2.05, 4.69) is 0 Å². The molecule has 4 atom stereocenters. The number of carbonyl (C=O) groups is 2. The van der Waals surface area contributed by atoms with Crippen molar-refractivity contribution >= 4 is 17.5 Å². The number of para-hydroxylation sites is 2. The number of aryl methyl sites for hydroxylation is 1. The van der Waals surface area contributed by atoms with Gasteiger partial charge in [-0.15, -0.1) is 0 Å². The third kappa shape index (κ3) is 2.65. The quantitative estimate of drug-likeness (QED) is 0.442. The van der Waals surface area contributed by atoms with Gasteiger partial charge in [-0.2, -0.15) is 0 Å². The number of phenols is 1. The minimum Gasteiger partial charge on any atom is -0.507 e. The van der Waals surface area contributed by atoms with E-state index in [0.29, 0.717) is 16.8 Å². The van der Waals surface area contributed by atoms with Crippen LogP contribution >= 0.6 is 0 Å². The number of aromatic hydroxyl groups is 1. The average Bonchev–Trinajstić information content (AvgIpc) is 3.21. The first-order valence-electron chi connectivity index (χ1n) is 12.0. The van der Waals surface area contributed by atoms with Crippen LogP contribution in [0.3, 0.4) is 0 Å². The molecule has 1 saturated heterocycles. The van der Waals surface area contributed by atoms with Crippen LogP contribution in [0.2, 0.25) is 0 Å². The summed E-state index contributed by atoms with van der Waals surface area (Å²) >= 11 is 0. The Hall–Kier alpha value is -4.14. The fraction of sp³-hybridized carbons (Fsp3) is 0.333. The number of hydrogen-bond acceptors (Lipinski definition) is 5. The van der Waals surface area contributed by atoms with Crippen LogP contribution in [0.4, 0.5) is 5.69 Å². The lowest BCUT2D eigenvalue weighted by Gasteiger charge is -2.47. The SMILES string of the molecule is Cc1cccc(C2C3=CCn4c(=O)n(C)c(=O)n4C3CC3C(=O)N(c4ccccc4)C(=O)C32C)c1O. The van der Waals surface area contributed by atoms with E-state index in [1.54, 1.807) is 50.2 Å². The number of rotatable bonds is 2. The van der Waals surface area contributed by atoms with E-state index in [0.717, 1.165) is 10.1 Å². The summed E-state index contributed by atoms with van der Waals surface area (Å²) < 4.78 is 3.85. The number of imide groups is 1. The molecule has 9 heteroatoms. The molecule has 6 rings (SSSR count). The molecule has 3 aromatic rings. The molecule has 3 aliphatic rings. The van der Waals surface area contributed by atoms with Gasteiger partial charge in [-0.25, -0.2) is 28.4 Å². The Morgan fingerprint density at radius 2 is 1.69 bits per heavy atom. The van der Waals surface area contributed by atoms with Gasteiger partial charge >= 0.3 is 11.4 Å². The maximum Gasteiger partial charge on any atom is 0.347 e. The van der Waals surface area contributed by atoms with E-state index in [-0.39, 0.29) is 30.5 Å². The summed E-state index contributed by atoms with van der Waals surface area (Å²) in [6.45, 7) is 3.74. The molecule has 1 N–H and O–H groups in total. The summed E-state index contributed by atoms with van der Waals surface area (Å²) in [5.41, 5.74) is 0.341. The van der Waals surface area contributed by atoms with Crippen molar-refractivity contribution in [1.82, 2.24) is 13.9 Å². The fourth-order valence-electron chi connectivity index (χ4n) is 6.47. The van der Waals surface area contributed by atoms with Gasteiger partial charge in [-0.1, -0.05) is 42.5 Å². The third-order valence-corrected chi connectivity index (χ3v) is 8.32. The molecule has 0 spiro atoms. The second-order valence-electron chi connectivity index (χ2n) is 10.1. The average molecular weight is 487 g/mol. The van der Waals surface area contributed by atoms with Crippen molar-refractivity contribution in [3.63, 3.8) is 0 Å². The lowest BCUT2D eigenvalue weighted by molar-refractivity contribution is -0.129. The lowest BCUT2D eigenvalue weighted by atomic mass is 9.56. The van der Waals surface area contributed by atoms with Gasteiger partial charge in [0.1, 0.15) is 5.75 Å². The molecule has 184 valence electrons. The molecule has 2 aromatic carbocycles. The Morgan fingerprint density at radius 3 is 2.42 bits per heavy atom. The lowest BCUT2D eigenvalue weighted by Crippen LogP contribution is -2.49. The highest BCUT2D eigenvalue weighted by molar-refractivity contribution is 6.24. The Morgan fingerprint density at radius 1 is 0.972 bits per heavy atom. The topological polar surface area (TPSA) is 107 Å². The number of benzene rings is 2. The first kappa shape index (κ1) is 22.3. The van der Waals surface area contributed by atoms with E-state index < -0.39 is 34.7 Å². The van der Waals surface area contributed by atoms with Gasteiger partial charge in [0.15, 0.2) is 0 Å². The van der Waals surface area contributed by atoms with Gasteiger partial charge in [-0.05, 0) is 43.5 Å². The molecule has 0 bridgehead atoms. The second-order valence-corrected chi connectivity index (χ2v) is 10.1. The highest BCUT2D eigenvalue weighted by Crippen LogP contribution is 2.62. The van der Waals surface area contributed by atoms with Crippen LogP contribution in [0.1, 0.15) is 36.4 Å². The second kappa shape index (κ2) is 7.43. The zero-order valence-electron chi connectivity index (χ0n) is 20.2. The first-order chi connectivity index (χ1) is 17.2. The first-order valence-corrected chi connectivity index (χ1v) is 12.0. The van der Waals surface area contributed by atoms with Crippen LogP contribution in [0.5, 0.6) is 5.75 Å². The van der Waals surface area contributed by atoms with Crippen molar-refractivity contribution in [3.05, 3.63) is 92.3 Å². The molecule has 0 radical (unpaired) electrons. The maximum atomic E-state index is 14.2. The molecule has 1 saturated carbocycles. The van der Waals surface area contributed by atoms with E-state index in [1.165, 1.54) is 21.3 Å².